The molecule has 0 aliphatic carbocycles. The highest BCUT2D eigenvalue weighted by atomic mass is 35.5. The number of furan rings is 1. The van der Waals surface area contributed by atoms with Crippen molar-refractivity contribution >= 4 is 29.1 Å². The van der Waals surface area contributed by atoms with Crippen LogP contribution in [-0.2, 0) is 6.54 Å². The highest BCUT2D eigenvalue weighted by Crippen LogP contribution is 2.28. The van der Waals surface area contributed by atoms with Crippen LogP contribution in [0, 0.1) is 0 Å². The lowest BCUT2D eigenvalue weighted by molar-refractivity contribution is 0.0771. The van der Waals surface area contributed by atoms with Gasteiger partial charge < -0.3 is 19.8 Å². The fraction of sp³-hybridized carbons (Fsp3) is 0.312. The van der Waals surface area contributed by atoms with Gasteiger partial charge in [0.25, 0.3) is 5.91 Å². The summed E-state index contributed by atoms with van der Waals surface area (Å²) in [7, 11) is 0. The van der Waals surface area contributed by atoms with E-state index in [2.05, 4.69) is 0 Å². The molecule has 1 aromatic heterocycles. The standard InChI is InChI=1S/C16H16Cl2N2O3/c17-14-2-1-11(6-15(14)18)23-12-3-4-20(8-12)16(21)10-5-13(7-19)22-9-10/h1-2,5-6,9,12H,3-4,7-8,19H2. The molecule has 1 saturated heterocycles. The van der Waals surface area contributed by atoms with Crippen LogP contribution >= 0.6 is 23.2 Å². The van der Waals surface area contributed by atoms with Gasteiger partial charge in [-0.25, -0.2) is 0 Å². The minimum absolute atomic E-state index is 0.0722. The SMILES string of the molecule is NCc1cc(C(=O)N2CCC(Oc3ccc(Cl)c(Cl)c3)C2)co1. The molecule has 0 saturated carbocycles. The van der Waals surface area contributed by atoms with E-state index in [0.29, 0.717) is 40.2 Å². The smallest absolute Gasteiger partial charge is 0.257 e. The topological polar surface area (TPSA) is 68.7 Å². The molecule has 7 heteroatoms. The number of halogens is 2. The van der Waals surface area contributed by atoms with E-state index in [9.17, 15) is 4.79 Å². The van der Waals surface area contributed by atoms with Gasteiger partial charge in [0, 0.05) is 19.0 Å². The Morgan fingerprint density at radius 2 is 2.17 bits per heavy atom. The maximum absolute atomic E-state index is 12.4. The zero-order valence-corrected chi connectivity index (χ0v) is 13.8. The van der Waals surface area contributed by atoms with Crippen molar-refractivity contribution in [1.29, 1.82) is 0 Å². The molecule has 2 aromatic rings. The van der Waals surface area contributed by atoms with Gasteiger partial charge in [-0.1, -0.05) is 23.2 Å². The van der Waals surface area contributed by atoms with Crippen LogP contribution in [0.1, 0.15) is 22.5 Å². The number of hydrogen-bond acceptors (Lipinski definition) is 4. The zero-order valence-electron chi connectivity index (χ0n) is 12.3. The number of carbonyl (C=O) groups excluding carboxylic acids is 1. The van der Waals surface area contributed by atoms with Gasteiger partial charge >= 0.3 is 0 Å². The summed E-state index contributed by atoms with van der Waals surface area (Å²) in [6.45, 7) is 1.42. The van der Waals surface area contributed by atoms with Gasteiger partial charge in [0.2, 0.25) is 0 Å². The van der Waals surface area contributed by atoms with Gasteiger partial charge in [0.1, 0.15) is 23.9 Å². The van der Waals surface area contributed by atoms with Crippen LogP contribution in [0.4, 0.5) is 0 Å². The largest absolute Gasteiger partial charge is 0.488 e. The minimum atomic E-state index is -0.0753. The summed E-state index contributed by atoms with van der Waals surface area (Å²) in [5.74, 6) is 1.16. The van der Waals surface area contributed by atoms with Gasteiger partial charge in [-0.15, -0.1) is 0 Å². The van der Waals surface area contributed by atoms with E-state index in [4.69, 9.17) is 38.1 Å². The lowest BCUT2D eigenvalue weighted by Gasteiger charge is -2.16. The summed E-state index contributed by atoms with van der Waals surface area (Å²) in [6.07, 6.45) is 2.13. The third kappa shape index (κ3) is 3.63. The van der Waals surface area contributed by atoms with Crippen LogP contribution in [-0.4, -0.2) is 30.0 Å². The first-order valence-corrected chi connectivity index (χ1v) is 8.01. The number of rotatable bonds is 4. The van der Waals surface area contributed by atoms with Gasteiger partial charge in [-0.3, -0.25) is 4.79 Å². The second kappa shape index (κ2) is 6.83. The molecule has 0 spiro atoms. The number of nitrogens with zero attached hydrogens (tertiary/aromatic N) is 1. The Bertz CT molecular complexity index is 717. The first kappa shape index (κ1) is 16.2. The molecule has 0 radical (unpaired) electrons. The van der Waals surface area contributed by atoms with Crippen molar-refractivity contribution < 1.29 is 13.9 Å². The molecule has 2 N–H and O–H groups in total. The maximum Gasteiger partial charge on any atom is 0.257 e. The highest BCUT2D eigenvalue weighted by molar-refractivity contribution is 6.42. The van der Waals surface area contributed by atoms with Crippen molar-refractivity contribution in [2.45, 2.75) is 19.1 Å². The molecule has 1 unspecified atom stereocenters. The average molecular weight is 355 g/mol. The van der Waals surface area contributed by atoms with Gasteiger partial charge in [0.15, 0.2) is 0 Å². The molecule has 122 valence electrons. The predicted octanol–water partition coefficient (Wildman–Crippen LogP) is 3.34. The molecule has 1 aliphatic rings. The maximum atomic E-state index is 12.4. The lowest BCUT2D eigenvalue weighted by atomic mass is 10.2. The Hall–Kier alpha value is -1.69. The molecule has 1 atom stereocenters. The summed E-state index contributed by atoms with van der Waals surface area (Å²) in [5, 5.41) is 0.931. The van der Waals surface area contributed by atoms with Crippen molar-refractivity contribution in [2.24, 2.45) is 5.73 Å². The van der Waals surface area contributed by atoms with E-state index in [1.807, 2.05) is 0 Å². The highest BCUT2D eigenvalue weighted by Gasteiger charge is 2.29. The summed E-state index contributed by atoms with van der Waals surface area (Å²) in [5.41, 5.74) is 6.00. The number of hydrogen-bond donors (Lipinski definition) is 1. The molecule has 3 rings (SSSR count). The molecule has 1 aliphatic heterocycles. The molecule has 1 amide bonds. The number of carbonyl (C=O) groups is 1. The van der Waals surface area contributed by atoms with E-state index >= 15 is 0 Å². The van der Waals surface area contributed by atoms with Crippen molar-refractivity contribution in [3.05, 3.63) is 51.9 Å². The van der Waals surface area contributed by atoms with E-state index < -0.39 is 0 Å². The molecule has 1 aromatic carbocycles. The number of ether oxygens (including phenoxy) is 1. The Labute approximate surface area is 143 Å². The second-order valence-electron chi connectivity index (χ2n) is 5.36. The van der Waals surface area contributed by atoms with Crippen LogP contribution in [0.15, 0.2) is 34.9 Å². The monoisotopic (exact) mass is 354 g/mol. The van der Waals surface area contributed by atoms with Gasteiger partial charge in [-0.2, -0.15) is 0 Å². The molecule has 2 heterocycles. The fourth-order valence-corrected chi connectivity index (χ4v) is 2.82. The van der Waals surface area contributed by atoms with Crippen molar-refractivity contribution in [3.63, 3.8) is 0 Å². The van der Waals surface area contributed by atoms with E-state index in [0.717, 1.165) is 6.42 Å². The number of amides is 1. The first-order valence-electron chi connectivity index (χ1n) is 7.25. The number of likely N-dealkylation sites (tertiary alicyclic amines) is 1. The lowest BCUT2D eigenvalue weighted by Crippen LogP contribution is -2.30. The first-order chi connectivity index (χ1) is 11.1. The Kier molecular flexibility index (Phi) is 4.80. The van der Waals surface area contributed by atoms with Crippen LogP contribution < -0.4 is 10.5 Å². The second-order valence-corrected chi connectivity index (χ2v) is 6.18. The number of nitrogens with two attached hydrogens (primary N) is 1. The quantitative estimate of drug-likeness (QED) is 0.913. The van der Waals surface area contributed by atoms with E-state index in [1.165, 1.54) is 6.26 Å². The van der Waals surface area contributed by atoms with Crippen LogP contribution in [0.5, 0.6) is 5.75 Å². The van der Waals surface area contributed by atoms with Gasteiger partial charge in [0.05, 0.1) is 28.7 Å². The van der Waals surface area contributed by atoms with Crippen LogP contribution in [0.25, 0.3) is 0 Å². The van der Waals surface area contributed by atoms with Crippen molar-refractivity contribution in [1.82, 2.24) is 4.90 Å². The Balaban J connectivity index is 1.61. The molecule has 5 nitrogen and oxygen atoms in total. The molecular formula is C16H16Cl2N2O3. The third-order valence-corrected chi connectivity index (χ3v) is 4.47. The fourth-order valence-electron chi connectivity index (χ4n) is 2.53. The third-order valence-electron chi connectivity index (χ3n) is 3.73. The predicted molar refractivity (Wildman–Crippen MR) is 88.0 cm³/mol. The summed E-state index contributed by atoms with van der Waals surface area (Å²) >= 11 is 11.9. The van der Waals surface area contributed by atoms with E-state index in [-0.39, 0.29) is 18.6 Å². The number of benzene rings is 1. The van der Waals surface area contributed by atoms with E-state index in [1.54, 1.807) is 29.2 Å². The molecule has 23 heavy (non-hydrogen) atoms. The summed E-state index contributed by atoms with van der Waals surface area (Å²) in [6, 6.07) is 6.81. The summed E-state index contributed by atoms with van der Waals surface area (Å²) in [4.78, 5) is 14.1. The Morgan fingerprint density at radius 3 is 2.87 bits per heavy atom. The van der Waals surface area contributed by atoms with Crippen LogP contribution in [0.2, 0.25) is 10.0 Å². The zero-order chi connectivity index (χ0) is 16.4. The van der Waals surface area contributed by atoms with Crippen LogP contribution in [0.3, 0.4) is 0 Å². The minimum Gasteiger partial charge on any atom is -0.488 e. The van der Waals surface area contributed by atoms with Crippen molar-refractivity contribution in [3.8, 4) is 5.75 Å². The molecule has 1 fully saturated rings. The van der Waals surface area contributed by atoms with Gasteiger partial charge in [-0.05, 0) is 18.2 Å². The Morgan fingerprint density at radius 1 is 1.35 bits per heavy atom. The molecule has 0 bridgehead atoms. The molecular weight excluding hydrogens is 339 g/mol. The summed E-state index contributed by atoms with van der Waals surface area (Å²) < 4.78 is 11.1. The van der Waals surface area contributed by atoms with Crippen molar-refractivity contribution in [2.75, 3.05) is 13.1 Å². The average Bonchev–Trinajstić information content (AvgIpc) is 3.19. The normalized spacial score (nSPS) is 17.5.